The molecule has 0 aliphatic carbocycles. The second-order valence-electron chi connectivity index (χ2n) is 7.24. The summed E-state index contributed by atoms with van der Waals surface area (Å²) < 4.78 is 52.4. The molecule has 1 unspecified atom stereocenters. The van der Waals surface area contributed by atoms with Crippen LogP contribution in [0, 0.1) is 5.82 Å². The van der Waals surface area contributed by atoms with Crippen molar-refractivity contribution in [2.24, 2.45) is 0 Å². The lowest BCUT2D eigenvalue weighted by Crippen LogP contribution is -2.38. The van der Waals surface area contributed by atoms with E-state index in [9.17, 15) is 27.2 Å². The Morgan fingerprint density at radius 2 is 1.90 bits per heavy atom. The Balaban J connectivity index is 1.66. The molecule has 166 valence electrons. The van der Waals surface area contributed by atoms with Gasteiger partial charge in [0, 0.05) is 36.6 Å². The molecule has 0 radical (unpaired) electrons. The van der Waals surface area contributed by atoms with E-state index in [-0.39, 0.29) is 30.6 Å². The summed E-state index contributed by atoms with van der Waals surface area (Å²) in [6.07, 6.45) is -3.28. The summed E-state index contributed by atoms with van der Waals surface area (Å²) in [7, 11) is 0. The molecule has 3 rings (SSSR count). The smallest absolute Gasteiger partial charge is 0.347 e. The summed E-state index contributed by atoms with van der Waals surface area (Å²) in [4.78, 5) is 26.9. The predicted molar refractivity (Wildman–Crippen MR) is 110 cm³/mol. The number of benzene rings is 2. The van der Waals surface area contributed by atoms with E-state index < -0.39 is 17.8 Å². The minimum atomic E-state index is -4.50. The Morgan fingerprint density at radius 3 is 2.55 bits per heavy atom. The fraction of sp³-hybridized carbons (Fsp3) is 0.364. The molecule has 1 atom stereocenters. The Kier molecular flexibility index (Phi) is 7.59. The minimum Gasteiger partial charge on any atom is -0.347 e. The molecule has 9 heteroatoms. The maximum atomic E-state index is 13.1. The Morgan fingerprint density at radius 1 is 1.16 bits per heavy atom. The van der Waals surface area contributed by atoms with Gasteiger partial charge in [-0.25, -0.2) is 4.39 Å². The van der Waals surface area contributed by atoms with Gasteiger partial charge >= 0.3 is 6.18 Å². The van der Waals surface area contributed by atoms with E-state index in [1.165, 1.54) is 36.0 Å². The lowest BCUT2D eigenvalue weighted by Gasteiger charge is -2.26. The number of alkyl halides is 3. The summed E-state index contributed by atoms with van der Waals surface area (Å²) in [6, 6.07) is 9.96. The lowest BCUT2D eigenvalue weighted by molar-refractivity contribution is -0.137. The van der Waals surface area contributed by atoms with Gasteiger partial charge in [-0.05, 0) is 48.4 Å². The van der Waals surface area contributed by atoms with Gasteiger partial charge in [0.1, 0.15) is 5.82 Å². The molecular weight excluding hydrogens is 432 g/mol. The number of amides is 2. The van der Waals surface area contributed by atoms with Crippen LogP contribution in [0.1, 0.15) is 36.4 Å². The van der Waals surface area contributed by atoms with Crippen molar-refractivity contribution in [2.75, 3.05) is 18.8 Å². The van der Waals surface area contributed by atoms with Gasteiger partial charge < -0.3 is 10.2 Å². The quantitative estimate of drug-likeness (QED) is 0.460. The average molecular weight is 454 g/mol. The molecule has 1 saturated heterocycles. The molecule has 2 aromatic carbocycles. The monoisotopic (exact) mass is 454 g/mol. The first-order valence-corrected chi connectivity index (χ1v) is 10.8. The van der Waals surface area contributed by atoms with E-state index in [1.807, 2.05) is 0 Å². The third-order valence-corrected chi connectivity index (χ3v) is 5.95. The summed E-state index contributed by atoms with van der Waals surface area (Å²) >= 11 is 1.38. The summed E-state index contributed by atoms with van der Waals surface area (Å²) in [5.41, 5.74) is -0.502. The highest BCUT2D eigenvalue weighted by Gasteiger charge is 2.32. The van der Waals surface area contributed by atoms with Crippen LogP contribution in [0.2, 0.25) is 0 Å². The largest absolute Gasteiger partial charge is 0.416 e. The number of hydrogen-bond donors (Lipinski definition) is 1. The third-order valence-electron chi connectivity index (χ3n) is 4.94. The van der Waals surface area contributed by atoms with Crippen molar-refractivity contribution in [1.29, 1.82) is 0 Å². The number of likely N-dealkylation sites (tertiary alicyclic amines) is 1. The maximum Gasteiger partial charge on any atom is 0.416 e. The lowest BCUT2D eigenvalue weighted by atomic mass is 10.0. The minimum absolute atomic E-state index is 0.0712. The maximum absolute atomic E-state index is 13.1. The van der Waals surface area contributed by atoms with Crippen LogP contribution in [0.15, 0.2) is 53.4 Å². The predicted octanol–water partition coefficient (Wildman–Crippen LogP) is 4.81. The molecule has 1 aliphatic heterocycles. The van der Waals surface area contributed by atoms with Crippen LogP contribution in [0.3, 0.4) is 0 Å². The SMILES string of the molecule is O=C(CCSc1ccc(F)cc1)NC(CN1CCCC1=O)c1cccc(C(F)(F)F)c1. The zero-order chi connectivity index (χ0) is 22.4. The fourth-order valence-electron chi connectivity index (χ4n) is 3.34. The van der Waals surface area contributed by atoms with Crippen molar-refractivity contribution in [1.82, 2.24) is 10.2 Å². The normalized spacial score (nSPS) is 15.2. The van der Waals surface area contributed by atoms with Crippen LogP contribution in [0.25, 0.3) is 0 Å². The van der Waals surface area contributed by atoms with Gasteiger partial charge in [0.25, 0.3) is 0 Å². The fourth-order valence-corrected chi connectivity index (χ4v) is 4.19. The number of hydrogen-bond acceptors (Lipinski definition) is 3. The first kappa shape index (κ1) is 23.1. The van der Waals surface area contributed by atoms with Gasteiger partial charge in [-0.3, -0.25) is 9.59 Å². The molecule has 0 spiro atoms. The van der Waals surface area contributed by atoms with Crippen LogP contribution in [0.5, 0.6) is 0 Å². The highest BCUT2D eigenvalue weighted by Crippen LogP contribution is 2.31. The number of rotatable bonds is 8. The molecule has 2 aromatic rings. The third kappa shape index (κ3) is 6.72. The molecule has 0 bridgehead atoms. The Bertz CT molecular complexity index is 918. The number of carbonyl (C=O) groups is 2. The summed E-state index contributed by atoms with van der Waals surface area (Å²) in [5.74, 6) is -0.320. The van der Waals surface area contributed by atoms with E-state index in [0.717, 1.165) is 17.0 Å². The van der Waals surface area contributed by atoms with Crippen molar-refractivity contribution in [3.05, 3.63) is 65.5 Å². The Hall–Kier alpha value is -2.55. The molecule has 1 N–H and O–H groups in total. The zero-order valence-corrected chi connectivity index (χ0v) is 17.4. The van der Waals surface area contributed by atoms with Gasteiger partial charge in [0.05, 0.1) is 11.6 Å². The molecular formula is C22H22F4N2O2S. The molecule has 2 amide bonds. The van der Waals surface area contributed by atoms with E-state index >= 15 is 0 Å². The number of nitrogens with one attached hydrogen (secondary N) is 1. The number of nitrogens with zero attached hydrogens (tertiary/aromatic N) is 1. The van der Waals surface area contributed by atoms with Gasteiger partial charge in [-0.2, -0.15) is 13.2 Å². The van der Waals surface area contributed by atoms with Gasteiger partial charge in [0.15, 0.2) is 0 Å². The van der Waals surface area contributed by atoms with Gasteiger partial charge in [-0.15, -0.1) is 11.8 Å². The second-order valence-corrected chi connectivity index (χ2v) is 8.41. The Labute approximate surface area is 182 Å². The zero-order valence-electron chi connectivity index (χ0n) is 16.6. The van der Waals surface area contributed by atoms with E-state index in [2.05, 4.69) is 5.32 Å². The van der Waals surface area contributed by atoms with Crippen LogP contribution in [-0.4, -0.2) is 35.6 Å². The second kappa shape index (κ2) is 10.2. The molecule has 1 heterocycles. The van der Waals surface area contributed by atoms with Crippen molar-refractivity contribution in [3.8, 4) is 0 Å². The van der Waals surface area contributed by atoms with Gasteiger partial charge in [0.2, 0.25) is 11.8 Å². The summed E-state index contributed by atoms with van der Waals surface area (Å²) in [6.45, 7) is 0.640. The molecule has 0 aromatic heterocycles. The van der Waals surface area contributed by atoms with Crippen LogP contribution < -0.4 is 5.32 Å². The summed E-state index contributed by atoms with van der Waals surface area (Å²) in [5, 5.41) is 2.78. The first-order valence-electron chi connectivity index (χ1n) is 9.85. The van der Waals surface area contributed by atoms with Gasteiger partial charge in [-0.1, -0.05) is 12.1 Å². The average Bonchev–Trinajstić information content (AvgIpc) is 3.13. The topological polar surface area (TPSA) is 49.4 Å². The van der Waals surface area contributed by atoms with E-state index in [1.54, 1.807) is 17.0 Å². The van der Waals surface area contributed by atoms with Crippen molar-refractivity contribution in [3.63, 3.8) is 0 Å². The highest BCUT2D eigenvalue weighted by atomic mass is 32.2. The number of thioether (sulfide) groups is 1. The van der Waals surface area contributed by atoms with E-state index in [0.29, 0.717) is 30.7 Å². The van der Waals surface area contributed by atoms with Crippen LogP contribution in [-0.2, 0) is 15.8 Å². The number of halogens is 4. The standard InChI is InChI=1S/C22H22F4N2O2S/c23-17-6-8-18(9-7-17)31-12-10-20(29)27-19(14-28-11-2-5-21(28)30)15-3-1-4-16(13-15)22(24,25)26/h1,3-4,6-9,13,19H,2,5,10-12,14H2,(H,27,29). The molecule has 0 saturated carbocycles. The first-order chi connectivity index (χ1) is 14.7. The van der Waals surface area contributed by atoms with Crippen LogP contribution in [0.4, 0.5) is 17.6 Å². The number of carbonyl (C=O) groups excluding carboxylic acids is 2. The van der Waals surface area contributed by atoms with Crippen molar-refractivity contribution < 1.29 is 27.2 Å². The van der Waals surface area contributed by atoms with E-state index in [4.69, 9.17) is 0 Å². The van der Waals surface area contributed by atoms with Crippen molar-refractivity contribution >= 4 is 23.6 Å². The highest BCUT2D eigenvalue weighted by molar-refractivity contribution is 7.99. The molecule has 31 heavy (non-hydrogen) atoms. The molecule has 1 fully saturated rings. The molecule has 1 aliphatic rings. The molecule has 4 nitrogen and oxygen atoms in total. The van der Waals surface area contributed by atoms with Crippen molar-refractivity contribution in [2.45, 2.75) is 36.4 Å². The van der Waals surface area contributed by atoms with Crippen LogP contribution >= 0.6 is 11.8 Å².